The average Bonchev–Trinajstić information content (AvgIpc) is 2.95. The molecule has 5 heteroatoms. The molecule has 2 saturated heterocycles. The molecular weight excluding hydrogens is 232 g/mol. The molecule has 2 heterocycles. The zero-order chi connectivity index (χ0) is 13.2. The minimum atomic E-state index is -0.836. The van der Waals surface area contributed by atoms with E-state index in [1.165, 1.54) is 0 Å². The fraction of sp³-hybridized carbons (Fsp3) is 0.923. The first-order valence-corrected chi connectivity index (χ1v) is 6.87. The standard InChI is InChI=1S/C13H24N2O3/c1-13(2,17)11-6-3-7-15(11)12(16)14-9-10-5-4-8-18-10/h10-11,17H,3-9H2,1-2H3,(H,14,16)/t10-,11-/m1/s1. The summed E-state index contributed by atoms with van der Waals surface area (Å²) in [5.74, 6) is 0. The van der Waals surface area contributed by atoms with Crippen molar-refractivity contribution in [2.45, 2.75) is 57.3 Å². The van der Waals surface area contributed by atoms with Gasteiger partial charge in [0.15, 0.2) is 0 Å². The zero-order valence-electron chi connectivity index (χ0n) is 11.3. The third-order valence-electron chi connectivity index (χ3n) is 3.83. The van der Waals surface area contributed by atoms with E-state index in [0.29, 0.717) is 6.54 Å². The molecule has 0 radical (unpaired) electrons. The molecule has 0 aliphatic carbocycles. The van der Waals surface area contributed by atoms with E-state index in [2.05, 4.69) is 5.32 Å². The molecule has 18 heavy (non-hydrogen) atoms. The summed E-state index contributed by atoms with van der Waals surface area (Å²) in [6.45, 7) is 5.64. The molecule has 0 unspecified atom stereocenters. The lowest BCUT2D eigenvalue weighted by Gasteiger charge is -2.34. The van der Waals surface area contributed by atoms with E-state index in [1.807, 2.05) is 0 Å². The van der Waals surface area contributed by atoms with Gasteiger partial charge in [-0.1, -0.05) is 0 Å². The van der Waals surface area contributed by atoms with Gasteiger partial charge in [-0.15, -0.1) is 0 Å². The van der Waals surface area contributed by atoms with Crippen LogP contribution in [0.5, 0.6) is 0 Å². The number of hydrogen-bond acceptors (Lipinski definition) is 3. The smallest absolute Gasteiger partial charge is 0.317 e. The van der Waals surface area contributed by atoms with Crippen molar-refractivity contribution in [1.29, 1.82) is 0 Å². The lowest BCUT2D eigenvalue weighted by Crippen LogP contribution is -2.52. The predicted molar refractivity (Wildman–Crippen MR) is 68.4 cm³/mol. The van der Waals surface area contributed by atoms with Crippen molar-refractivity contribution >= 4 is 6.03 Å². The van der Waals surface area contributed by atoms with E-state index < -0.39 is 5.60 Å². The second-order valence-corrected chi connectivity index (χ2v) is 5.83. The van der Waals surface area contributed by atoms with Crippen LogP contribution in [-0.4, -0.2) is 53.5 Å². The second-order valence-electron chi connectivity index (χ2n) is 5.83. The normalized spacial score (nSPS) is 28.7. The number of amides is 2. The molecule has 104 valence electrons. The Kier molecular flexibility index (Phi) is 4.12. The first-order chi connectivity index (χ1) is 8.48. The van der Waals surface area contributed by atoms with E-state index in [4.69, 9.17) is 4.74 Å². The summed E-state index contributed by atoms with van der Waals surface area (Å²) < 4.78 is 5.48. The maximum absolute atomic E-state index is 12.1. The molecule has 2 aliphatic rings. The van der Waals surface area contributed by atoms with Crippen molar-refractivity contribution in [3.63, 3.8) is 0 Å². The van der Waals surface area contributed by atoms with Gasteiger partial charge in [0, 0.05) is 19.7 Å². The van der Waals surface area contributed by atoms with Gasteiger partial charge >= 0.3 is 6.03 Å². The van der Waals surface area contributed by atoms with Gasteiger partial charge in [0.2, 0.25) is 0 Å². The van der Waals surface area contributed by atoms with E-state index >= 15 is 0 Å². The van der Waals surface area contributed by atoms with Crippen LogP contribution in [0.4, 0.5) is 4.79 Å². The van der Waals surface area contributed by atoms with E-state index in [0.717, 1.165) is 38.8 Å². The van der Waals surface area contributed by atoms with Crippen LogP contribution in [0.2, 0.25) is 0 Å². The predicted octanol–water partition coefficient (Wildman–Crippen LogP) is 1.11. The Morgan fingerprint density at radius 1 is 1.44 bits per heavy atom. The molecule has 0 aromatic carbocycles. The van der Waals surface area contributed by atoms with Gasteiger partial charge in [0.1, 0.15) is 0 Å². The minimum Gasteiger partial charge on any atom is -0.388 e. The van der Waals surface area contributed by atoms with Gasteiger partial charge < -0.3 is 20.1 Å². The van der Waals surface area contributed by atoms with Crippen LogP contribution in [-0.2, 0) is 4.74 Å². The molecule has 2 atom stereocenters. The van der Waals surface area contributed by atoms with Gasteiger partial charge in [-0.3, -0.25) is 0 Å². The Morgan fingerprint density at radius 2 is 2.22 bits per heavy atom. The van der Waals surface area contributed by atoms with E-state index in [1.54, 1.807) is 18.7 Å². The highest BCUT2D eigenvalue weighted by atomic mass is 16.5. The lowest BCUT2D eigenvalue weighted by atomic mass is 9.97. The molecule has 0 saturated carbocycles. The number of carbonyl (C=O) groups is 1. The molecule has 0 bridgehead atoms. The van der Waals surface area contributed by atoms with Gasteiger partial charge in [-0.25, -0.2) is 4.79 Å². The topological polar surface area (TPSA) is 61.8 Å². The molecule has 0 aromatic rings. The van der Waals surface area contributed by atoms with Crippen molar-refractivity contribution in [1.82, 2.24) is 10.2 Å². The number of nitrogens with one attached hydrogen (secondary N) is 1. The number of urea groups is 1. The highest BCUT2D eigenvalue weighted by molar-refractivity contribution is 5.75. The van der Waals surface area contributed by atoms with Crippen LogP contribution in [0.15, 0.2) is 0 Å². The number of likely N-dealkylation sites (tertiary alicyclic amines) is 1. The summed E-state index contributed by atoms with van der Waals surface area (Å²) in [6, 6.07) is -0.155. The lowest BCUT2D eigenvalue weighted by molar-refractivity contribution is 0.00929. The van der Waals surface area contributed by atoms with E-state index in [-0.39, 0.29) is 18.2 Å². The molecule has 2 N–H and O–H groups in total. The Balaban J connectivity index is 1.83. The third-order valence-corrected chi connectivity index (χ3v) is 3.83. The van der Waals surface area contributed by atoms with Crippen LogP contribution in [0.3, 0.4) is 0 Å². The van der Waals surface area contributed by atoms with Gasteiger partial charge in [0.25, 0.3) is 0 Å². The van der Waals surface area contributed by atoms with Crippen LogP contribution in [0, 0.1) is 0 Å². The van der Waals surface area contributed by atoms with Gasteiger partial charge in [0.05, 0.1) is 17.7 Å². The highest BCUT2D eigenvalue weighted by Crippen LogP contribution is 2.26. The van der Waals surface area contributed by atoms with Crippen molar-refractivity contribution in [3.8, 4) is 0 Å². The number of nitrogens with zero attached hydrogens (tertiary/aromatic N) is 1. The molecule has 2 rings (SSSR count). The Morgan fingerprint density at radius 3 is 2.83 bits per heavy atom. The summed E-state index contributed by atoms with van der Waals surface area (Å²) in [7, 11) is 0. The highest BCUT2D eigenvalue weighted by Gasteiger charge is 2.38. The summed E-state index contributed by atoms with van der Waals surface area (Å²) in [5, 5.41) is 13.0. The number of carbonyl (C=O) groups excluding carboxylic acids is 1. The quantitative estimate of drug-likeness (QED) is 0.795. The maximum atomic E-state index is 12.1. The van der Waals surface area contributed by atoms with Crippen LogP contribution in [0.25, 0.3) is 0 Å². The first-order valence-electron chi connectivity index (χ1n) is 6.87. The molecule has 2 fully saturated rings. The second kappa shape index (κ2) is 5.45. The van der Waals surface area contributed by atoms with Crippen molar-refractivity contribution < 1.29 is 14.6 Å². The summed E-state index contributed by atoms with van der Waals surface area (Å²) >= 11 is 0. The van der Waals surface area contributed by atoms with Crippen molar-refractivity contribution in [3.05, 3.63) is 0 Å². The summed E-state index contributed by atoms with van der Waals surface area (Å²) in [5.41, 5.74) is -0.836. The van der Waals surface area contributed by atoms with Crippen LogP contribution < -0.4 is 5.32 Å². The SMILES string of the molecule is CC(C)(O)[C@H]1CCCN1C(=O)NC[C@H]1CCCO1. The number of ether oxygens (including phenoxy) is 1. The molecule has 2 amide bonds. The van der Waals surface area contributed by atoms with Gasteiger partial charge in [-0.05, 0) is 39.5 Å². The number of rotatable bonds is 3. The summed E-state index contributed by atoms with van der Waals surface area (Å²) in [6.07, 6.45) is 4.10. The van der Waals surface area contributed by atoms with Gasteiger partial charge in [-0.2, -0.15) is 0 Å². The molecular formula is C13H24N2O3. The largest absolute Gasteiger partial charge is 0.388 e. The monoisotopic (exact) mass is 256 g/mol. The first kappa shape index (κ1) is 13.6. The fourth-order valence-electron chi connectivity index (χ4n) is 2.85. The molecule has 2 aliphatic heterocycles. The molecule has 0 aromatic heterocycles. The third kappa shape index (κ3) is 3.14. The molecule has 5 nitrogen and oxygen atoms in total. The average molecular weight is 256 g/mol. The fourth-order valence-corrected chi connectivity index (χ4v) is 2.85. The number of aliphatic hydroxyl groups is 1. The number of hydrogen-bond donors (Lipinski definition) is 2. The summed E-state index contributed by atoms with van der Waals surface area (Å²) in [4.78, 5) is 13.9. The minimum absolute atomic E-state index is 0.0740. The Labute approximate surface area is 108 Å². The van der Waals surface area contributed by atoms with E-state index in [9.17, 15) is 9.90 Å². The molecule has 0 spiro atoms. The maximum Gasteiger partial charge on any atom is 0.317 e. The Bertz CT molecular complexity index is 295. The zero-order valence-corrected chi connectivity index (χ0v) is 11.3. The van der Waals surface area contributed by atoms with Crippen LogP contribution >= 0.6 is 0 Å². The van der Waals surface area contributed by atoms with Crippen molar-refractivity contribution in [2.24, 2.45) is 0 Å². The Hall–Kier alpha value is -0.810. The van der Waals surface area contributed by atoms with Crippen LogP contribution in [0.1, 0.15) is 39.5 Å². The van der Waals surface area contributed by atoms with Crippen molar-refractivity contribution in [2.75, 3.05) is 19.7 Å².